The van der Waals surface area contributed by atoms with Crippen molar-refractivity contribution in [2.45, 2.75) is 32.2 Å². The molecule has 1 aliphatic heterocycles. The van der Waals surface area contributed by atoms with Crippen LogP contribution in [0.5, 0.6) is 0 Å². The predicted molar refractivity (Wildman–Crippen MR) is 83.8 cm³/mol. The molecule has 1 aromatic heterocycles. The summed E-state index contributed by atoms with van der Waals surface area (Å²) in [5, 5.41) is 12.4. The summed E-state index contributed by atoms with van der Waals surface area (Å²) in [5.74, 6) is -0.0884. The Morgan fingerprint density at radius 1 is 1.23 bits per heavy atom. The highest BCUT2D eigenvalue weighted by atomic mass is 16.4. The van der Waals surface area contributed by atoms with Gasteiger partial charge >= 0.3 is 5.97 Å². The molecule has 1 aliphatic rings. The lowest BCUT2D eigenvalue weighted by molar-refractivity contribution is 0.0697. The highest BCUT2D eigenvalue weighted by Crippen LogP contribution is 2.24. The topological polar surface area (TPSA) is 75.1 Å². The molecule has 0 saturated carbocycles. The first-order chi connectivity index (χ1) is 10.6. The molecule has 2 heterocycles. The number of rotatable bonds is 3. The number of carboxylic acid groups (broad SMARTS) is 1. The minimum absolute atomic E-state index is 0.214. The maximum Gasteiger partial charge on any atom is 0.335 e. The molecule has 22 heavy (non-hydrogen) atoms. The minimum atomic E-state index is -0.919. The number of hydrogen-bond acceptors (Lipinski definition) is 4. The van der Waals surface area contributed by atoms with Crippen LogP contribution < -0.4 is 5.32 Å². The number of carboxylic acids is 1. The van der Waals surface area contributed by atoms with Crippen LogP contribution in [0.15, 0.2) is 30.3 Å². The second kappa shape index (κ2) is 6.23. The fraction of sp³-hybridized carbons (Fsp3) is 0.353. The van der Waals surface area contributed by atoms with Gasteiger partial charge in [-0.2, -0.15) is 0 Å². The van der Waals surface area contributed by atoms with Crippen molar-refractivity contribution in [1.82, 2.24) is 15.3 Å². The molecule has 1 fully saturated rings. The number of aryl methyl sites for hydroxylation is 1. The highest BCUT2D eigenvalue weighted by Gasteiger charge is 2.18. The lowest BCUT2D eigenvalue weighted by Crippen LogP contribution is -2.28. The second-order valence-corrected chi connectivity index (χ2v) is 5.64. The third kappa shape index (κ3) is 3.14. The smallest absolute Gasteiger partial charge is 0.335 e. The molecule has 0 amide bonds. The number of nitrogens with one attached hydrogen (secondary N) is 1. The number of piperidine rings is 1. The molecular weight excluding hydrogens is 278 g/mol. The van der Waals surface area contributed by atoms with E-state index < -0.39 is 5.97 Å². The van der Waals surface area contributed by atoms with Gasteiger partial charge < -0.3 is 10.4 Å². The standard InChI is InChI=1S/C17H19N3O2/c1-11-10-15(12-5-7-13(8-6-12)17(21)22)20-16(19-11)14-4-2-3-9-18-14/h5-8,10,14,18H,2-4,9H2,1H3,(H,21,22)/t14-/m1/s1. The Hall–Kier alpha value is -2.27. The van der Waals surface area contributed by atoms with Gasteiger partial charge in [0.05, 0.1) is 17.3 Å². The first-order valence-electron chi connectivity index (χ1n) is 7.56. The summed E-state index contributed by atoms with van der Waals surface area (Å²) in [6.45, 7) is 2.97. The normalized spacial score (nSPS) is 18.1. The van der Waals surface area contributed by atoms with E-state index >= 15 is 0 Å². The lowest BCUT2D eigenvalue weighted by Gasteiger charge is -2.22. The van der Waals surface area contributed by atoms with Gasteiger partial charge in [0.25, 0.3) is 0 Å². The highest BCUT2D eigenvalue weighted by molar-refractivity contribution is 5.88. The Bertz CT molecular complexity index is 677. The van der Waals surface area contributed by atoms with Crippen molar-refractivity contribution >= 4 is 5.97 Å². The van der Waals surface area contributed by atoms with Crippen molar-refractivity contribution < 1.29 is 9.90 Å². The molecule has 2 N–H and O–H groups in total. The van der Waals surface area contributed by atoms with Crippen LogP contribution in [0.3, 0.4) is 0 Å². The Balaban J connectivity index is 1.92. The molecule has 1 atom stereocenters. The van der Waals surface area contributed by atoms with E-state index in [-0.39, 0.29) is 11.6 Å². The van der Waals surface area contributed by atoms with E-state index in [0.717, 1.165) is 35.7 Å². The zero-order valence-electron chi connectivity index (χ0n) is 12.5. The molecule has 0 aliphatic carbocycles. The number of nitrogens with zero attached hydrogens (tertiary/aromatic N) is 2. The van der Waals surface area contributed by atoms with Crippen LogP contribution in [0.1, 0.15) is 47.2 Å². The average molecular weight is 297 g/mol. The van der Waals surface area contributed by atoms with Crippen LogP contribution in [0.2, 0.25) is 0 Å². The molecule has 5 heteroatoms. The summed E-state index contributed by atoms with van der Waals surface area (Å²) < 4.78 is 0. The fourth-order valence-electron chi connectivity index (χ4n) is 2.75. The van der Waals surface area contributed by atoms with E-state index in [0.29, 0.717) is 0 Å². The molecule has 114 valence electrons. The number of carbonyl (C=O) groups is 1. The molecule has 0 radical (unpaired) electrons. The summed E-state index contributed by atoms with van der Waals surface area (Å²) >= 11 is 0. The number of benzene rings is 1. The minimum Gasteiger partial charge on any atom is -0.478 e. The Morgan fingerprint density at radius 2 is 2.00 bits per heavy atom. The van der Waals surface area contributed by atoms with E-state index in [4.69, 9.17) is 5.11 Å². The van der Waals surface area contributed by atoms with E-state index in [2.05, 4.69) is 15.3 Å². The van der Waals surface area contributed by atoms with Crippen molar-refractivity contribution in [2.24, 2.45) is 0 Å². The number of aromatic carboxylic acids is 1. The fourth-order valence-corrected chi connectivity index (χ4v) is 2.75. The van der Waals surface area contributed by atoms with Crippen molar-refractivity contribution in [3.63, 3.8) is 0 Å². The molecule has 2 aromatic rings. The molecule has 3 rings (SSSR count). The molecule has 1 aromatic carbocycles. The van der Waals surface area contributed by atoms with E-state index in [1.54, 1.807) is 24.3 Å². The predicted octanol–water partition coefficient (Wildman–Crippen LogP) is 2.96. The largest absolute Gasteiger partial charge is 0.478 e. The van der Waals surface area contributed by atoms with Crippen molar-refractivity contribution in [3.8, 4) is 11.3 Å². The maximum atomic E-state index is 10.9. The summed E-state index contributed by atoms with van der Waals surface area (Å²) in [6, 6.07) is 8.95. The van der Waals surface area contributed by atoms with Crippen LogP contribution in [0.25, 0.3) is 11.3 Å². The van der Waals surface area contributed by atoms with Gasteiger partial charge in [-0.05, 0) is 44.5 Å². The van der Waals surface area contributed by atoms with E-state index in [1.165, 1.54) is 12.8 Å². The van der Waals surface area contributed by atoms with Crippen LogP contribution in [0.4, 0.5) is 0 Å². The Labute approximate surface area is 129 Å². The van der Waals surface area contributed by atoms with Crippen LogP contribution >= 0.6 is 0 Å². The van der Waals surface area contributed by atoms with Crippen LogP contribution in [-0.2, 0) is 0 Å². The molecular formula is C17H19N3O2. The van der Waals surface area contributed by atoms with Gasteiger partial charge in [0, 0.05) is 11.3 Å². The van der Waals surface area contributed by atoms with Crippen molar-refractivity contribution in [3.05, 3.63) is 47.4 Å². The molecule has 5 nitrogen and oxygen atoms in total. The summed E-state index contributed by atoms with van der Waals surface area (Å²) in [6.07, 6.45) is 3.45. The third-order valence-corrected chi connectivity index (χ3v) is 3.92. The second-order valence-electron chi connectivity index (χ2n) is 5.64. The summed E-state index contributed by atoms with van der Waals surface area (Å²) in [7, 11) is 0. The Morgan fingerprint density at radius 3 is 2.64 bits per heavy atom. The molecule has 0 unspecified atom stereocenters. The number of aromatic nitrogens is 2. The van der Waals surface area contributed by atoms with E-state index in [1.807, 2.05) is 13.0 Å². The molecule has 0 spiro atoms. The Kier molecular flexibility index (Phi) is 4.15. The lowest BCUT2D eigenvalue weighted by atomic mass is 10.0. The van der Waals surface area contributed by atoms with Crippen molar-refractivity contribution in [2.75, 3.05) is 6.54 Å². The van der Waals surface area contributed by atoms with Gasteiger partial charge in [-0.3, -0.25) is 0 Å². The van der Waals surface area contributed by atoms with E-state index in [9.17, 15) is 4.79 Å². The van der Waals surface area contributed by atoms with Crippen LogP contribution in [-0.4, -0.2) is 27.6 Å². The van der Waals surface area contributed by atoms with Gasteiger partial charge in [-0.25, -0.2) is 14.8 Å². The third-order valence-electron chi connectivity index (χ3n) is 3.92. The van der Waals surface area contributed by atoms with Crippen molar-refractivity contribution in [1.29, 1.82) is 0 Å². The van der Waals surface area contributed by atoms with Gasteiger partial charge in [-0.1, -0.05) is 18.6 Å². The molecule has 1 saturated heterocycles. The maximum absolute atomic E-state index is 10.9. The zero-order valence-corrected chi connectivity index (χ0v) is 12.5. The molecule has 0 bridgehead atoms. The SMILES string of the molecule is Cc1cc(-c2ccc(C(=O)O)cc2)nc([C@H]2CCCCN2)n1. The zero-order chi connectivity index (χ0) is 15.5. The van der Waals surface area contributed by atoms with Gasteiger partial charge in [0.1, 0.15) is 5.82 Å². The number of hydrogen-bond donors (Lipinski definition) is 2. The van der Waals surface area contributed by atoms with Gasteiger partial charge in [0.15, 0.2) is 0 Å². The summed E-state index contributed by atoms with van der Waals surface area (Å²) in [4.78, 5) is 20.2. The summed E-state index contributed by atoms with van der Waals surface area (Å²) in [5.41, 5.74) is 2.96. The monoisotopic (exact) mass is 297 g/mol. The van der Waals surface area contributed by atoms with Crippen LogP contribution in [0, 0.1) is 6.92 Å². The first kappa shape index (κ1) is 14.7. The first-order valence-corrected chi connectivity index (χ1v) is 7.56. The quantitative estimate of drug-likeness (QED) is 0.911. The van der Waals surface area contributed by atoms with Gasteiger partial charge in [-0.15, -0.1) is 0 Å². The average Bonchev–Trinajstić information content (AvgIpc) is 2.55. The van der Waals surface area contributed by atoms with Gasteiger partial charge in [0.2, 0.25) is 0 Å².